The van der Waals surface area contributed by atoms with Crippen LogP contribution in [-0.4, -0.2) is 86.6 Å². The van der Waals surface area contributed by atoms with Crippen molar-refractivity contribution in [1.82, 2.24) is 15.5 Å². The highest BCUT2D eigenvalue weighted by Crippen LogP contribution is 2.21. The van der Waals surface area contributed by atoms with Gasteiger partial charge in [-0.1, -0.05) is 0 Å². The Hall–Kier alpha value is -2.92. The summed E-state index contributed by atoms with van der Waals surface area (Å²) in [6.07, 6.45) is 2.21. The summed E-state index contributed by atoms with van der Waals surface area (Å²) in [7, 11) is 3.25. The quantitative estimate of drug-likeness (QED) is 0.423. The summed E-state index contributed by atoms with van der Waals surface area (Å²) in [5.74, 6) is -2.03. The van der Waals surface area contributed by atoms with Crippen LogP contribution in [0.25, 0.3) is 0 Å². The lowest BCUT2D eigenvalue weighted by molar-refractivity contribution is -0.00286. The highest BCUT2D eigenvalue weighted by atomic mass is 19.1. The fourth-order valence-electron chi connectivity index (χ4n) is 5.47. The zero-order chi connectivity index (χ0) is 29.9. The maximum Gasteiger partial charge on any atom is 0.253 e. The Morgan fingerprint density at radius 3 is 2.34 bits per heavy atom. The lowest BCUT2D eigenvalue weighted by Crippen LogP contribution is -2.57. The topological polar surface area (TPSA) is 100 Å². The first-order valence-corrected chi connectivity index (χ1v) is 14.2. The average molecular weight is 576 g/mol. The van der Waals surface area contributed by atoms with Crippen molar-refractivity contribution in [2.24, 2.45) is 0 Å². The van der Waals surface area contributed by atoms with Gasteiger partial charge in [0.1, 0.15) is 11.6 Å². The smallest absolute Gasteiger partial charge is 0.253 e. The van der Waals surface area contributed by atoms with Crippen LogP contribution in [-0.2, 0) is 15.9 Å². The van der Waals surface area contributed by atoms with Crippen LogP contribution in [0.2, 0.25) is 0 Å². The Morgan fingerprint density at radius 1 is 1.07 bits per heavy atom. The molecule has 226 valence electrons. The number of amides is 2. The van der Waals surface area contributed by atoms with Crippen LogP contribution in [0.15, 0.2) is 36.4 Å². The highest BCUT2D eigenvalue weighted by molar-refractivity contribution is 6.00. The second kappa shape index (κ2) is 15.9. The van der Waals surface area contributed by atoms with E-state index in [1.165, 1.54) is 12.1 Å². The van der Waals surface area contributed by atoms with Crippen LogP contribution >= 0.6 is 0 Å². The van der Waals surface area contributed by atoms with Gasteiger partial charge in [-0.3, -0.25) is 9.59 Å². The zero-order valence-corrected chi connectivity index (χ0v) is 24.4. The van der Waals surface area contributed by atoms with E-state index in [2.05, 4.69) is 15.4 Å². The minimum absolute atomic E-state index is 0.0183. The number of aryl methyl sites for hydroxylation is 1. The normalized spacial score (nSPS) is 20.1. The maximum atomic E-state index is 13.9. The van der Waals surface area contributed by atoms with E-state index in [9.17, 15) is 23.5 Å². The number of aliphatic hydroxyl groups is 1. The molecule has 3 N–H and O–H groups in total. The van der Waals surface area contributed by atoms with E-state index in [-0.39, 0.29) is 24.5 Å². The van der Waals surface area contributed by atoms with Crippen molar-refractivity contribution in [3.05, 3.63) is 70.3 Å². The lowest BCUT2D eigenvalue weighted by atomic mass is 9.90. The molecule has 41 heavy (non-hydrogen) atoms. The molecular formula is C31H43F2N3O5. The van der Waals surface area contributed by atoms with Crippen molar-refractivity contribution in [1.29, 1.82) is 0 Å². The molecule has 4 unspecified atom stereocenters. The van der Waals surface area contributed by atoms with E-state index in [0.717, 1.165) is 30.9 Å². The molecule has 0 spiro atoms. The Labute approximate surface area is 241 Å². The largest absolute Gasteiger partial charge is 0.389 e. The van der Waals surface area contributed by atoms with Crippen molar-refractivity contribution in [3.63, 3.8) is 0 Å². The SMILES string of the molecule is CCOC1CCNC(C(O)C(Cc2cc(F)cc(F)c2)NC(=O)c2cc(C)cc(C(=O)N3CCCC3)c2)C1.COC. The monoisotopic (exact) mass is 575 g/mol. The van der Waals surface area contributed by atoms with Crippen molar-refractivity contribution < 1.29 is 33.0 Å². The van der Waals surface area contributed by atoms with E-state index in [0.29, 0.717) is 49.4 Å². The van der Waals surface area contributed by atoms with Crippen LogP contribution in [0.5, 0.6) is 0 Å². The molecule has 0 bridgehead atoms. The predicted molar refractivity (Wildman–Crippen MR) is 153 cm³/mol. The number of ether oxygens (including phenoxy) is 2. The van der Waals surface area contributed by atoms with Gasteiger partial charge in [0.15, 0.2) is 0 Å². The molecule has 2 fully saturated rings. The van der Waals surface area contributed by atoms with Gasteiger partial charge in [-0.2, -0.15) is 0 Å². The maximum absolute atomic E-state index is 13.9. The molecule has 8 nitrogen and oxygen atoms in total. The molecule has 2 heterocycles. The van der Waals surface area contributed by atoms with Crippen LogP contribution in [0.1, 0.15) is 64.4 Å². The summed E-state index contributed by atoms with van der Waals surface area (Å²) in [4.78, 5) is 28.2. The molecule has 2 aromatic carbocycles. The number of carbonyl (C=O) groups is 2. The van der Waals surface area contributed by atoms with Crippen molar-refractivity contribution in [2.45, 2.75) is 70.2 Å². The minimum atomic E-state index is -1.05. The number of nitrogens with one attached hydrogen (secondary N) is 2. The molecule has 10 heteroatoms. The molecule has 2 aromatic rings. The Morgan fingerprint density at radius 2 is 1.71 bits per heavy atom. The lowest BCUT2D eigenvalue weighted by Gasteiger charge is -2.36. The number of nitrogens with zero attached hydrogens (tertiary/aromatic N) is 1. The molecule has 2 aliphatic heterocycles. The van der Waals surface area contributed by atoms with Crippen LogP contribution in [0.3, 0.4) is 0 Å². The second-order valence-corrected chi connectivity index (χ2v) is 10.7. The predicted octanol–water partition coefficient (Wildman–Crippen LogP) is 3.63. The molecule has 2 saturated heterocycles. The van der Waals surface area contributed by atoms with Gasteiger partial charge >= 0.3 is 0 Å². The van der Waals surface area contributed by atoms with E-state index in [1.54, 1.807) is 37.3 Å². The number of benzene rings is 2. The first kappa shape index (κ1) is 32.6. The Bertz CT molecular complexity index is 1140. The van der Waals surface area contributed by atoms with Crippen molar-refractivity contribution in [2.75, 3.05) is 40.5 Å². The fraction of sp³-hybridized carbons (Fsp3) is 0.548. The number of methoxy groups -OCH3 is 1. The van der Waals surface area contributed by atoms with E-state index >= 15 is 0 Å². The number of hydrogen-bond donors (Lipinski definition) is 3. The van der Waals surface area contributed by atoms with Gasteiger partial charge in [-0.25, -0.2) is 8.78 Å². The number of aliphatic hydroxyl groups excluding tert-OH is 1. The van der Waals surface area contributed by atoms with E-state index in [1.807, 2.05) is 13.8 Å². The van der Waals surface area contributed by atoms with Gasteiger partial charge in [0.25, 0.3) is 11.8 Å². The zero-order valence-electron chi connectivity index (χ0n) is 24.4. The second-order valence-electron chi connectivity index (χ2n) is 10.7. The summed E-state index contributed by atoms with van der Waals surface area (Å²) < 4.78 is 37.9. The molecule has 0 saturated carbocycles. The Balaban J connectivity index is 0.00000147. The summed E-state index contributed by atoms with van der Waals surface area (Å²) in [5.41, 5.74) is 1.81. The summed E-state index contributed by atoms with van der Waals surface area (Å²) in [5, 5.41) is 17.6. The van der Waals surface area contributed by atoms with Crippen LogP contribution in [0, 0.1) is 18.6 Å². The molecule has 2 aliphatic rings. The third-order valence-corrected chi connectivity index (χ3v) is 7.29. The van der Waals surface area contributed by atoms with E-state index < -0.39 is 29.7 Å². The first-order chi connectivity index (χ1) is 19.6. The first-order valence-electron chi connectivity index (χ1n) is 14.2. The van der Waals surface area contributed by atoms with Crippen LogP contribution < -0.4 is 10.6 Å². The van der Waals surface area contributed by atoms with Gasteiger partial charge in [-0.05, 0) is 94.0 Å². The molecule has 0 radical (unpaired) electrons. The number of rotatable bonds is 9. The van der Waals surface area contributed by atoms with Crippen LogP contribution in [0.4, 0.5) is 8.78 Å². The van der Waals surface area contributed by atoms with Crippen molar-refractivity contribution >= 4 is 11.8 Å². The molecular weight excluding hydrogens is 532 g/mol. The van der Waals surface area contributed by atoms with Gasteiger partial charge in [0.2, 0.25) is 0 Å². The third-order valence-electron chi connectivity index (χ3n) is 7.29. The number of halogens is 2. The molecule has 0 aliphatic carbocycles. The summed E-state index contributed by atoms with van der Waals surface area (Å²) >= 11 is 0. The number of hydrogen-bond acceptors (Lipinski definition) is 6. The molecule has 0 aromatic heterocycles. The third kappa shape index (κ3) is 9.56. The number of carbonyl (C=O) groups excluding carboxylic acids is 2. The fourth-order valence-corrected chi connectivity index (χ4v) is 5.47. The average Bonchev–Trinajstić information content (AvgIpc) is 3.47. The highest BCUT2D eigenvalue weighted by Gasteiger charge is 2.34. The van der Waals surface area contributed by atoms with Gasteiger partial charge in [-0.15, -0.1) is 0 Å². The van der Waals surface area contributed by atoms with Crippen molar-refractivity contribution in [3.8, 4) is 0 Å². The van der Waals surface area contributed by atoms with Gasteiger partial charge < -0.3 is 30.1 Å². The van der Waals surface area contributed by atoms with Gasteiger partial charge in [0, 0.05) is 57.2 Å². The van der Waals surface area contributed by atoms with Gasteiger partial charge in [0.05, 0.1) is 18.2 Å². The molecule has 2 amide bonds. The van der Waals surface area contributed by atoms with E-state index in [4.69, 9.17) is 4.74 Å². The number of likely N-dealkylation sites (tertiary alicyclic amines) is 1. The molecule has 4 rings (SSSR count). The molecule has 4 atom stereocenters. The number of piperidine rings is 1. The summed E-state index contributed by atoms with van der Waals surface area (Å²) in [6.45, 7) is 6.33. The minimum Gasteiger partial charge on any atom is -0.389 e. The Kier molecular flexibility index (Phi) is 12.6. The summed E-state index contributed by atoms with van der Waals surface area (Å²) in [6, 6.07) is 6.98. The standard InChI is InChI=1S/C29H37F2N3O4.C2H6O/c1-3-38-24-6-7-32-25(17-24)27(35)26(14-19-12-22(30)16-23(31)13-19)33-28(36)20-10-18(2)11-21(15-20)29(37)34-8-4-5-9-34;1-3-2/h10-13,15-16,24-27,32,35H,3-9,14,17H2,1-2H3,(H,33,36);1-2H3.